The van der Waals surface area contributed by atoms with E-state index in [2.05, 4.69) is 0 Å². The molecule has 0 saturated heterocycles. The maximum atomic E-state index is 9.70. The molecule has 0 heterocycles. The second-order valence-electron chi connectivity index (χ2n) is 4.18. The highest BCUT2D eigenvalue weighted by Gasteiger charge is 2.13. The normalized spacial score (nSPS) is 15.0. The number of hydrogen-bond acceptors (Lipinski definition) is 2. The molecule has 2 N–H and O–H groups in total. The van der Waals surface area contributed by atoms with Crippen LogP contribution in [0.4, 0.5) is 0 Å². The van der Waals surface area contributed by atoms with Crippen molar-refractivity contribution < 1.29 is 10.2 Å². The number of rotatable bonds is 2. The Kier molecular flexibility index (Phi) is 2.95. The van der Waals surface area contributed by atoms with Gasteiger partial charge in [-0.25, -0.2) is 0 Å². The highest BCUT2D eigenvalue weighted by molar-refractivity contribution is 5.84. The highest BCUT2D eigenvalue weighted by atomic mass is 16.3. The second-order valence-corrected chi connectivity index (χ2v) is 4.18. The van der Waals surface area contributed by atoms with E-state index in [1.54, 1.807) is 13.8 Å². The minimum Gasteiger partial charge on any atom is -0.389 e. The summed E-state index contributed by atoms with van der Waals surface area (Å²) in [6.45, 7) is 3.44. The summed E-state index contributed by atoms with van der Waals surface area (Å²) in [5.74, 6) is 0. The molecule has 2 unspecified atom stereocenters. The van der Waals surface area contributed by atoms with Gasteiger partial charge in [-0.3, -0.25) is 0 Å². The largest absolute Gasteiger partial charge is 0.389 e. The van der Waals surface area contributed by atoms with Gasteiger partial charge in [-0.05, 0) is 47.9 Å². The van der Waals surface area contributed by atoms with Gasteiger partial charge in [-0.15, -0.1) is 0 Å². The molecule has 0 bridgehead atoms. The van der Waals surface area contributed by atoms with Crippen LogP contribution in [0.3, 0.4) is 0 Å². The molecule has 0 aliphatic rings. The molecule has 2 aromatic rings. The first-order valence-electron chi connectivity index (χ1n) is 5.48. The second kappa shape index (κ2) is 4.24. The van der Waals surface area contributed by atoms with Gasteiger partial charge in [0.25, 0.3) is 0 Å². The van der Waals surface area contributed by atoms with Gasteiger partial charge < -0.3 is 10.2 Å². The van der Waals surface area contributed by atoms with Crippen molar-refractivity contribution in [1.82, 2.24) is 0 Å². The molecule has 0 fully saturated rings. The van der Waals surface area contributed by atoms with Crippen molar-refractivity contribution >= 4 is 10.8 Å². The maximum absolute atomic E-state index is 9.70. The van der Waals surface area contributed by atoms with Crippen molar-refractivity contribution in [2.45, 2.75) is 26.1 Å². The molecule has 0 amide bonds. The molecule has 0 aliphatic carbocycles. The van der Waals surface area contributed by atoms with Gasteiger partial charge in [0.2, 0.25) is 0 Å². The van der Waals surface area contributed by atoms with Gasteiger partial charge in [0, 0.05) is 0 Å². The third kappa shape index (κ3) is 1.94. The molecule has 0 spiro atoms. The summed E-state index contributed by atoms with van der Waals surface area (Å²) in [5, 5.41) is 21.6. The zero-order valence-corrected chi connectivity index (χ0v) is 9.51. The van der Waals surface area contributed by atoms with E-state index in [9.17, 15) is 10.2 Å². The molecule has 0 aromatic heterocycles. The average molecular weight is 216 g/mol. The fourth-order valence-electron chi connectivity index (χ4n) is 2.00. The Hall–Kier alpha value is -1.38. The summed E-state index contributed by atoms with van der Waals surface area (Å²) < 4.78 is 0. The van der Waals surface area contributed by atoms with Gasteiger partial charge in [-0.2, -0.15) is 0 Å². The first-order valence-corrected chi connectivity index (χ1v) is 5.48. The number of aliphatic hydroxyl groups is 2. The van der Waals surface area contributed by atoms with Gasteiger partial charge in [0.05, 0.1) is 12.2 Å². The lowest BCUT2D eigenvalue weighted by molar-refractivity contribution is 0.175. The first kappa shape index (κ1) is 11.1. The quantitative estimate of drug-likeness (QED) is 0.810. The van der Waals surface area contributed by atoms with E-state index in [-0.39, 0.29) is 0 Å². The van der Waals surface area contributed by atoms with Crippen molar-refractivity contribution in [2.24, 2.45) is 0 Å². The lowest BCUT2D eigenvalue weighted by atomic mass is 9.95. The topological polar surface area (TPSA) is 40.5 Å². The summed E-state index contributed by atoms with van der Waals surface area (Å²) in [4.78, 5) is 0. The molecule has 2 aromatic carbocycles. The van der Waals surface area contributed by atoms with E-state index in [1.807, 2.05) is 36.4 Å². The first-order chi connectivity index (χ1) is 7.59. The fraction of sp³-hybridized carbons (Fsp3) is 0.286. The molecule has 2 rings (SSSR count). The van der Waals surface area contributed by atoms with Crippen molar-refractivity contribution in [1.29, 1.82) is 0 Å². The molecule has 2 heteroatoms. The molecule has 0 aliphatic heterocycles. The van der Waals surface area contributed by atoms with E-state index >= 15 is 0 Å². The molecular weight excluding hydrogens is 200 g/mol. The smallest absolute Gasteiger partial charge is 0.0765 e. The maximum Gasteiger partial charge on any atom is 0.0765 e. The Labute approximate surface area is 95.2 Å². The van der Waals surface area contributed by atoms with Crippen LogP contribution >= 0.6 is 0 Å². The van der Waals surface area contributed by atoms with Gasteiger partial charge in [0.15, 0.2) is 0 Å². The van der Waals surface area contributed by atoms with Crippen LogP contribution in [0.15, 0.2) is 36.4 Å². The predicted octanol–water partition coefficient (Wildman–Crippen LogP) is 2.95. The van der Waals surface area contributed by atoms with E-state index < -0.39 is 12.2 Å². The lowest BCUT2D eigenvalue weighted by Crippen LogP contribution is -2.02. The standard InChI is InChI=1S/C14H16O2/c1-9(15)13-7-11-5-3-4-6-12(11)8-14(13)10(2)16/h3-10,15-16H,1-2H3. The highest BCUT2D eigenvalue weighted by Crippen LogP contribution is 2.28. The molecule has 16 heavy (non-hydrogen) atoms. The van der Waals surface area contributed by atoms with Crippen LogP contribution in [0.25, 0.3) is 10.8 Å². The van der Waals surface area contributed by atoms with Crippen LogP contribution in [-0.2, 0) is 0 Å². The SMILES string of the molecule is CC(O)c1cc2ccccc2cc1C(C)O. The lowest BCUT2D eigenvalue weighted by Gasteiger charge is -2.15. The van der Waals surface area contributed by atoms with E-state index in [0.29, 0.717) is 0 Å². The van der Waals surface area contributed by atoms with Crippen molar-refractivity contribution in [3.63, 3.8) is 0 Å². The van der Waals surface area contributed by atoms with E-state index in [4.69, 9.17) is 0 Å². The summed E-state index contributed by atoms with van der Waals surface area (Å²) in [7, 11) is 0. The Bertz CT molecular complexity index is 455. The minimum atomic E-state index is -0.561. The Balaban J connectivity index is 2.71. The number of aliphatic hydroxyl groups excluding tert-OH is 2. The van der Waals surface area contributed by atoms with Gasteiger partial charge in [-0.1, -0.05) is 24.3 Å². The van der Waals surface area contributed by atoms with Crippen molar-refractivity contribution in [2.75, 3.05) is 0 Å². The Morgan fingerprint density at radius 1 is 0.812 bits per heavy atom. The Morgan fingerprint density at radius 3 is 1.50 bits per heavy atom. The third-order valence-corrected chi connectivity index (χ3v) is 2.85. The van der Waals surface area contributed by atoms with E-state index in [0.717, 1.165) is 21.9 Å². The van der Waals surface area contributed by atoms with Crippen LogP contribution in [0.5, 0.6) is 0 Å². The Morgan fingerprint density at radius 2 is 1.19 bits per heavy atom. The molecular formula is C14H16O2. The summed E-state index contributed by atoms with van der Waals surface area (Å²) in [5.41, 5.74) is 1.60. The average Bonchev–Trinajstić information content (AvgIpc) is 2.27. The summed E-state index contributed by atoms with van der Waals surface area (Å²) in [6.07, 6.45) is -1.12. The zero-order valence-electron chi connectivity index (χ0n) is 9.51. The number of benzene rings is 2. The van der Waals surface area contributed by atoms with Gasteiger partial charge in [0.1, 0.15) is 0 Å². The minimum absolute atomic E-state index is 0.561. The molecule has 0 saturated carbocycles. The fourth-order valence-corrected chi connectivity index (χ4v) is 2.00. The predicted molar refractivity (Wildman–Crippen MR) is 65.2 cm³/mol. The van der Waals surface area contributed by atoms with Crippen LogP contribution in [-0.4, -0.2) is 10.2 Å². The molecule has 0 radical (unpaired) electrons. The van der Waals surface area contributed by atoms with Crippen LogP contribution in [0.2, 0.25) is 0 Å². The van der Waals surface area contributed by atoms with Crippen LogP contribution in [0.1, 0.15) is 37.2 Å². The number of fused-ring (bicyclic) bond motifs is 1. The van der Waals surface area contributed by atoms with Crippen molar-refractivity contribution in [3.8, 4) is 0 Å². The third-order valence-electron chi connectivity index (χ3n) is 2.85. The zero-order chi connectivity index (χ0) is 11.7. The molecule has 84 valence electrons. The van der Waals surface area contributed by atoms with Gasteiger partial charge >= 0.3 is 0 Å². The summed E-state index contributed by atoms with van der Waals surface area (Å²) in [6, 6.07) is 11.8. The van der Waals surface area contributed by atoms with Crippen LogP contribution in [0, 0.1) is 0 Å². The molecule has 2 nitrogen and oxygen atoms in total. The van der Waals surface area contributed by atoms with E-state index in [1.165, 1.54) is 0 Å². The number of hydrogen-bond donors (Lipinski definition) is 2. The summed E-state index contributed by atoms with van der Waals surface area (Å²) >= 11 is 0. The van der Waals surface area contributed by atoms with Crippen molar-refractivity contribution in [3.05, 3.63) is 47.5 Å². The van der Waals surface area contributed by atoms with Crippen LogP contribution < -0.4 is 0 Å². The molecule has 2 atom stereocenters. The monoisotopic (exact) mass is 216 g/mol.